The first-order valence-corrected chi connectivity index (χ1v) is 6.27. The molecule has 2 nitrogen and oxygen atoms in total. The van der Waals surface area contributed by atoms with Crippen molar-refractivity contribution in [1.29, 1.82) is 0 Å². The van der Waals surface area contributed by atoms with E-state index in [4.69, 9.17) is 4.74 Å². The lowest BCUT2D eigenvalue weighted by atomic mass is 10.1. The highest BCUT2D eigenvalue weighted by molar-refractivity contribution is 7.83. The highest BCUT2D eigenvalue weighted by Crippen LogP contribution is 2.07. The molecule has 0 unspecified atom stereocenters. The minimum absolute atomic E-state index is 0.100. The molecule has 0 aliphatic carbocycles. The predicted octanol–water partition coefficient (Wildman–Crippen LogP) is 3.72. The Hall–Kier alpha value is -0.440. The van der Waals surface area contributed by atoms with Crippen LogP contribution in [0, 0.1) is 0 Å². The third kappa shape index (κ3) is 11.5. The summed E-state index contributed by atoms with van der Waals surface area (Å²) in [6.45, 7) is 2.55. The molecular formula is C12H22O2S. The van der Waals surface area contributed by atoms with Crippen LogP contribution < -0.4 is 0 Å². The molecule has 0 fully saturated rings. The van der Waals surface area contributed by atoms with Crippen molar-refractivity contribution in [3.8, 4) is 0 Å². The fraction of sp³-hybridized carbons (Fsp3) is 0.750. The Balaban J connectivity index is 3.16. The molecule has 0 aromatic carbocycles. The van der Waals surface area contributed by atoms with Crippen molar-refractivity contribution in [2.45, 2.75) is 51.9 Å². The van der Waals surface area contributed by atoms with Gasteiger partial charge in [0.15, 0.2) is 0 Å². The van der Waals surface area contributed by atoms with Crippen molar-refractivity contribution < 1.29 is 9.53 Å². The number of carbonyl (C=O) groups excluding carboxylic acids is 1. The molecule has 0 atom stereocenters. The van der Waals surface area contributed by atoms with Gasteiger partial charge in [0.1, 0.15) is 6.61 Å². The SMILES string of the molecule is CCCCCCCCC(=O)OCC=CS. The summed E-state index contributed by atoms with van der Waals surface area (Å²) in [5.41, 5.74) is 0. The molecule has 0 aromatic rings. The van der Waals surface area contributed by atoms with E-state index in [1.165, 1.54) is 25.7 Å². The molecule has 0 amide bonds. The van der Waals surface area contributed by atoms with E-state index in [2.05, 4.69) is 19.6 Å². The quantitative estimate of drug-likeness (QED) is 0.371. The van der Waals surface area contributed by atoms with Crippen LogP contribution in [0.2, 0.25) is 0 Å². The normalized spacial score (nSPS) is 10.8. The van der Waals surface area contributed by atoms with E-state index in [1.54, 1.807) is 11.5 Å². The zero-order valence-electron chi connectivity index (χ0n) is 9.58. The fourth-order valence-corrected chi connectivity index (χ4v) is 1.39. The van der Waals surface area contributed by atoms with Gasteiger partial charge in [0, 0.05) is 6.42 Å². The van der Waals surface area contributed by atoms with Crippen molar-refractivity contribution in [3.63, 3.8) is 0 Å². The van der Waals surface area contributed by atoms with E-state index in [-0.39, 0.29) is 5.97 Å². The van der Waals surface area contributed by atoms with Gasteiger partial charge >= 0.3 is 5.97 Å². The van der Waals surface area contributed by atoms with Crippen LogP contribution in [0.5, 0.6) is 0 Å². The van der Waals surface area contributed by atoms with Crippen LogP contribution >= 0.6 is 12.6 Å². The molecule has 0 spiro atoms. The van der Waals surface area contributed by atoms with Crippen LogP contribution in [0.4, 0.5) is 0 Å². The summed E-state index contributed by atoms with van der Waals surface area (Å²) in [6, 6.07) is 0. The number of rotatable bonds is 9. The Labute approximate surface area is 98.5 Å². The largest absolute Gasteiger partial charge is 0.461 e. The van der Waals surface area contributed by atoms with Crippen LogP contribution in [0.25, 0.3) is 0 Å². The van der Waals surface area contributed by atoms with Crippen LogP contribution in [0.15, 0.2) is 11.5 Å². The molecular weight excluding hydrogens is 208 g/mol. The molecule has 0 rings (SSSR count). The van der Waals surface area contributed by atoms with Crippen molar-refractivity contribution in [2.75, 3.05) is 6.61 Å². The van der Waals surface area contributed by atoms with Gasteiger partial charge in [-0.05, 0) is 17.9 Å². The number of carbonyl (C=O) groups is 1. The number of unbranched alkanes of at least 4 members (excludes halogenated alkanes) is 5. The van der Waals surface area contributed by atoms with Gasteiger partial charge in [-0.3, -0.25) is 4.79 Å². The van der Waals surface area contributed by atoms with Crippen molar-refractivity contribution >= 4 is 18.6 Å². The molecule has 0 heterocycles. The van der Waals surface area contributed by atoms with Crippen molar-refractivity contribution in [1.82, 2.24) is 0 Å². The van der Waals surface area contributed by atoms with E-state index in [1.807, 2.05) is 0 Å². The number of hydrogen-bond donors (Lipinski definition) is 1. The second kappa shape index (κ2) is 11.6. The van der Waals surface area contributed by atoms with E-state index >= 15 is 0 Å². The molecule has 0 aliphatic rings. The highest BCUT2D eigenvalue weighted by Gasteiger charge is 2.00. The maximum Gasteiger partial charge on any atom is 0.306 e. The van der Waals surface area contributed by atoms with Gasteiger partial charge in [0.05, 0.1) is 0 Å². The maximum absolute atomic E-state index is 11.1. The Morgan fingerprint density at radius 1 is 1.20 bits per heavy atom. The number of hydrogen-bond acceptors (Lipinski definition) is 3. The first-order valence-electron chi connectivity index (χ1n) is 5.76. The molecule has 15 heavy (non-hydrogen) atoms. The number of ether oxygens (including phenoxy) is 1. The Morgan fingerprint density at radius 3 is 2.53 bits per heavy atom. The van der Waals surface area contributed by atoms with Gasteiger partial charge < -0.3 is 4.74 Å². The van der Waals surface area contributed by atoms with Gasteiger partial charge in [-0.25, -0.2) is 0 Å². The lowest BCUT2D eigenvalue weighted by Crippen LogP contribution is -2.03. The first-order chi connectivity index (χ1) is 7.31. The first kappa shape index (κ1) is 14.6. The average molecular weight is 230 g/mol. The molecule has 3 heteroatoms. The van der Waals surface area contributed by atoms with Crippen LogP contribution in [-0.4, -0.2) is 12.6 Å². The summed E-state index contributed by atoms with van der Waals surface area (Å²) in [6.07, 6.45) is 9.43. The van der Waals surface area contributed by atoms with E-state index < -0.39 is 0 Å². The molecule has 0 saturated heterocycles. The molecule has 0 aromatic heterocycles. The zero-order valence-corrected chi connectivity index (χ0v) is 10.5. The lowest BCUT2D eigenvalue weighted by molar-refractivity contribution is -0.142. The van der Waals surface area contributed by atoms with Crippen molar-refractivity contribution in [2.24, 2.45) is 0 Å². The molecule has 0 saturated carbocycles. The maximum atomic E-state index is 11.1. The molecule has 0 bridgehead atoms. The second-order valence-electron chi connectivity index (χ2n) is 3.59. The Morgan fingerprint density at radius 2 is 1.87 bits per heavy atom. The topological polar surface area (TPSA) is 26.3 Å². The van der Waals surface area contributed by atoms with E-state index in [0.29, 0.717) is 13.0 Å². The number of thiol groups is 1. The van der Waals surface area contributed by atoms with Gasteiger partial charge in [0.25, 0.3) is 0 Å². The monoisotopic (exact) mass is 230 g/mol. The van der Waals surface area contributed by atoms with Crippen molar-refractivity contribution in [3.05, 3.63) is 11.5 Å². The zero-order chi connectivity index (χ0) is 11.4. The summed E-state index contributed by atoms with van der Waals surface area (Å²) in [5, 5.41) is 1.58. The molecule has 0 N–H and O–H groups in total. The van der Waals surface area contributed by atoms with Gasteiger partial charge in [-0.2, -0.15) is 12.6 Å². The summed E-state index contributed by atoms with van der Waals surface area (Å²) in [4.78, 5) is 11.1. The van der Waals surface area contributed by atoms with Gasteiger partial charge in [-0.15, -0.1) is 0 Å². The minimum atomic E-state index is -0.100. The average Bonchev–Trinajstić information content (AvgIpc) is 2.23. The lowest BCUT2D eigenvalue weighted by Gasteiger charge is -2.01. The Kier molecular flexibility index (Phi) is 11.3. The Bertz CT molecular complexity index is 178. The predicted molar refractivity (Wildman–Crippen MR) is 67.1 cm³/mol. The van der Waals surface area contributed by atoms with E-state index in [0.717, 1.165) is 12.8 Å². The third-order valence-corrected chi connectivity index (χ3v) is 2.39. The van der Waals surface area contributed by atoms with Gasteiger partial charge in [-0.1, -0.05) is 39.0 Å². The van der Waals surface area contributed by atoms with Gasteiger partial charge in [0.2, 0.25) is 0 Å². The minimum Gasteiger partial charge on any atom is -0.461 e. The second-order valence-corrected chi connectivity index (χ2v) is 3.88. The summed E-state index contributed by atoms with van der Waals surface area (Å²) in [5.74, 6) is -0.100. The smallest absolute Gasteiger partial charge is 0.306 e. The fourth-order valence-electron chi connectivity index (χ4n) is 1.31. The summed E-state index contributed by atoms with van der Waals surface area (Å²) < 4.78 is 4.94. The summed E-state index contributed by atoms with van der Waals surface area (Å²) in [7, 11) is 0. The molecule has 0 radical (unpaired) electrons. The summed E-state index contributed by atoms with van der Waals surface area (Å²) >= 11 is 3.87. The van der Waals surface area contributed by atoms with E-state index in [9.17, 15) is 4.79 Å². The van der Waals surface area contributed by atoms with Crippen LogP contribution in [0.1, 0.15) is 51.9 Å². The standard InChI is InChI=1S/C12H22O2S/c1-2-3-4-5-6-7-9-12(13)14-10-8-11-15/h8,11,15H,2-7,9-10H2,1H3. The third-order valence-electron chi connectivity index (χ3n) is 2.18. The van der Waals surface area contributed by atoms with Crippen LogP contribution in [-0.2, 0) is 9.53 Å². The number of esters is 1. The van der Waals surface area contributed by atoms with Crippen LogP contribution in [0.3, 0.4) is 0 Å². The molecule has 0 aliphatic heterocycles. The molecule has 88 valence electrons. The highest BCUT2D eigenvalue weighted by atomic mass is 32.1.